The van der Waals surface area contributed by atoms with Crippen molar-refractivity contribution in [3.05, 3.63) is 82.0 Å². The van der Waals surface area contributed by atoms with Crippen molar-refractivity contribution in [2.75, 3.05) is 57.9 Å². The highest BCUT2D eigenvalue weighted by atomic mass is 19.3. The number of carbonyl (C=O) groups excluding carboxylic acids is 3. The molecule has 1 unspecified atom stereocenters. The number of benzene rings is 3. The number of nitrogens with zero attached hydrogens (tertiary/aromatic N) is 5. The van der Waals surface area contributed by atoms with E-state index >= 15 is 0 Å². The lowest BCUT2D eigenvalue weighted by molar-refractivity contribution is -0.136. The van der Waals surface area contributed by atoms with Crippen LogP contribution in [0.2, 0.25) is 0 Å². The van der Waals surface area contributed by atoms with Crippen LogP contribution in [0.1, 0.15) is 103 Å². The summed E-state index contributed by atoms with van der Waals surface area (Å²) in [6.45, 7) is 7.84. The van der Waals surface area contributed by atoms with E-state index in [4.69, 9.17) is 9.47 Å². The van der Waals surface area contributed by atoms with Gasteiger partial charge in [-0.3, -0.25) is 29.7 Å². The SMILES string of the molecule is COc1cc(N2CCC3(CC2)CC(CN2CCC4(CC2)COc2c4ccc4c2CN(C2CCC(=O)NC2=O)C4=O)C3)ccc1[C@@H]1c2ccc3[nH]ncc3c2C[C@@H](C)N1CC(F)F. The molecular formula is C48H55F2N7O5. The van der Waals surface area contributed by atoms with Crippen LogP contribution in [0.4, 0.5) is 14.5 Å². The van der Waals surface area contributed by atoms with Gasteiger partial charge in [-0.05, 0) is 112 Å². The summed E-state index contributed by atoms with van der Waals surface area (Å²) < 4.78 is 40.6. The maximum atomic E-state index is 14.1. The molecule has 3 aromatic carbocycles. The predicted molar refractivity (Wildman–Crippen MR) is 229 cm³/mol. The molecule has 0 bridgehead atoms. The number of aromatic nitrogens is 2. The van der Waals surface area contributed by atoms with Crippen LogP contribution in [-0.2, 0) is 28.0 Å². The molecule has 4 aromatic rings. The Labute approximate surface area is 360 Å². The van der Waals surface area contributed by atoms with Crippen LogP contribution in [0.15, 0.2) is 48.7 Å². The molecule has 7 aliphatic rings. The lowest BCUT2D eigenvalue weighted by atomic mass is 9.57. The smallest absolute Gasteiger partial charge is 0.255 e. The monoisotopic (exact) mass is 847 g/mol. The van der Waals surface area contributed by atoms with Gasteiger partial charge in [0.25, 0.3) is 12.3 Å². The van der Waals surface area contributed by atoms with E-state index < -0.39 is 18.4 Å². The number of nitrogens with one attached hydrogen (secondary N) is 2. The number of carbonyl (C=O) groups is 3. The van der Waals surface area contributed by atoms with Gasteiger partial charge in [-0.2, -0.15) is 5.10 Å². The molecule has 2 N–H and O–H groups in total. The number of hydrogen-bond acceptors (Lipinski definition) is 9. The number of hydrogen-bond donors (Lipinski definition) is 2. The number of amides is 3. The Morgan fingerprint density at radius 2 is 1.76 bits per heavy atom. The number of aromatic amines is 1. The number of piperidine rings is 3. The third-order valence-electron chi connectivity index (χ3n) is 16.0. The molecule has 4 fully saturated rings. The van der Waals surface area contributed by atoms with E-state index in [-0.39, 0.29) is 42.3 Å². The number of ether oxygens (including phenoxy) is 2. The normalized spacial score (nSPS) is 25.9. The molecule has 6 aliphatic heterocycles. The number of halogens is 2. The highest BCUT2D eigenvalue weighted by Gasteiger charge is 2.50. The van der Waals surface area contributed by atoms with Crippen LogP contribution >= 0.6 is 0 Å². The Morgan fingerprint density at radius 1 is 0.968 bits per heavy atom. The predicted octanol–water partition coefficient (Wildman–Crippen LogP) is 6.36. The first kappa shape index (κ1) is 39.7. The molecule has 1 aliphatic carbocycles. The van der Waals surface area contributed by atoms with Gasteiger partial charge in [0.15, 0.2) is 0 Å². The molecule has 3 saturated heterocycles. The molecule has 62 heavy (non-hydrogen) atoms. The lowest BCUT2D eigenvalue weighted by Crippen LogP contribution is -2.52. The second kappa shape index (κ2) is 15.0. The first-order chi connectivity index (χ1) is 30.0. The van der Waals surface area contributed by atoms with Gasteiger partial charge in [-0.25, -0.2) is 8.78 Å². The number of methoxy groups -OCH3 is 1. The minimum Gasteiger partial charge on any atom is -0.496 e. The Balaban J connectivity index is 0.706. The first-order valence-corrected chi connectivity index (χ1v) is 22.6. The third kappa shape index (κ3) is 6.48. The average Bonchev–Trinajstić information content (AvgIpc) is 3.98. The van der Waals surface area contributed by atoms with Gasteiger partial charge >= 0.3 is 0 Å². The highest BCUT2D eigenvalue weighted by molar-refractivity contribution is 6.06. The van der Waals surface area contributed by atoms with Crippen LogP contribution < -0.4 is 19.7 Å². The lowest BCUT2D eigenvalue weighted by Gasteiger charge is -2.54. The van der Waals surface area contributed by atoms with E-state index in [0.29, 0.717) is 42.9 Å². The number of anilines is 1. The summed E-state index contributed by atoms with van der Waals surface area (Å²) in [7, 11) is 1.68. The summed E-state index contributed by atoms with van der Waals surface area (Å²) >= 11 is 0. The number of imide groups is 1. The molecule has 1 aromatic heterocycles. The fourth-order valence-electron chi connectivity index (χ4n) is 12.7. The molecule has 11 rings (SSSR count). The van der Waals surface area contributed by atoms with Crippen LogP contribution in [0.3, 0.4) is 0 Å². The molecule has 0 radical (unpaired) electrons. The second-order valence-corrected chi connectivity index (χ2v) is 19.4. The van der Waals surface area contributed by atoms with Crippen molar-refractivity contribution in [1.29, 1.82) is 0 Å². The highest BCUT2D eigenvalue weighted by Crippen LogP contribution is 2.55. The zero-order valence-corrected chi connectivity index (χ0v) is 35.6. The van der Waals surface area contributed by atoms with Gasteiger partial charge in [0.1, 0.15) is 17.5 Å². The molecule has 326 valence electrons. The third-order valence-corrected chi connectivity index (χ3v) is 16.0. The molecule has 1 saturated carbocycles. The Hall–Kier alpha value is -5.08. The zero-order valence-electron chi connectivity index (χ0n) is 35.6. The molecule has 2 spiro atoms. The minimum atomic E-state index is -2.45. The summed E-state index contributed by atoms with van der Waals surface area (Å²) in [5.74, 6) is 1.43. The first-order valence-electron chi connectivity index (χ1n) is 22.6. The van der Waals surface area contributed by atoms with Gasteiger partial charge in [-0.15, -0.1) is 0 Å². The Bertz CT molecular complexity index is 2450. The second-order valence-electron chi connectivity index (χ2n) is 19.4. The molecule has 7 heterocycles. The van der Waals surface area contributed by atoms with Crippen LogP contribution in [-0.4, -0.2) is 114 Å². The van der Waals surface area contributed by atoms with Crippen molar-refractivity contribution in [3.63, 3.8) is 0 Å². The number of likely N-dealkylation sites (tertiary alicyclic amines) is 1. The molecule has 12 nitrogen and oxygen atoms in total. The summed E-state index contributed by atoms with van der Waals surface area (Å²) in [5.41, 5.74) is 8.22. The molecule has 14 heteroatoms. The summed E-state index contributed by atoms with van der Waals surface area (Å²) in [5, 5.41) is 10.8. The number of alkyl halides is 2. The van der Waals surface area contributed by atoms with Gasteiger partial charge in [0, 0.05) is 76.9 Å². The van der Waals surface area contributed by atoms with Crippen LogP contribution in [0.5, 0.6) is 11.5 Å². The van der Waals surface area contributed by atoms with Gasteiger partial charge in [0.2, 0.25) is 11.8 Å². The summed E-state index contributed by atoms with van der Waals surface area (Å²) in [4.78, 5) is 46.4. The van der Waals surface area contributed by atoms with E-state index in [1.54, 1.807) is 12.0 Å². The Kier molecular flexibility index (Phi) is 9.64. The minimum absolute atomic E-state index is 0.0575. The van der Waals surface area contributed by atoms with Gasteiger partial charge in [0.05, 0.1) is 44.6 Å². The summed E-state index contributed by atoms with van der Waals surface area (Å²) in [6, 6.07) is 13.4. The van der Waals surface area contributed by atoms with E-state index in [1.807, 2.05) is 30.2 Å². The number of H-pyrrole nitrogens is 1. The van der Waals surface area contributed by atoms with Crippen molar-refractivity contribution in [1.82, 2.24) is 30.2 Å². The van der Waals surface area contributed by atoms with E-state index in [9.17, 15) is 23.2 Å². The Morgan fingerprint density at radius 3 is 2.52 bits per heavy atom. The van der Waals surface area contributed by atoms with Crippen molar-refractivity contribution in [2.24, 2.45) is 11.3 Å². The maximum Gasteiger partial charge on any atom is 0.255 e. The van der Waals surface area contributed by atoms with Crippen molar-refractivity contribution >= 4 is 34.3 Å². The van der Waals surface area contributed by atoms with E-state index in [2.05, 4.69) is 55.6 Å². The largest absolute Gasteiger partial charge is 0.496 e. The van der Waals surface area contributed by atoms with Crippen molar-refractivity contribution < 1.29 is 32.6 Å². The molecule has 3 atom stereocenters. The van der Waals surface area contributed by atoms with E-state index in [0.717, 1.165) is 109 Å². The van der Waals surface area contributed by atoms with Crippen molar-refractivity contribution in [2.45, 2.75) is 101 Å². The quantitative estimate of drug-likeness (QED) is 0.195. The zero-order chi connectivity index (χ0) is 42.5. The van der Waals surface area contributed by atoms with E-state index in [1.165, 1.54) is 18.4 Å². The number of rotatable bonds is 8. The van der Waals surface area contributed by atoms with Crippen molar-refractivity contribution in [3.8, 4) is 11.5 Å². The summed E-state index contributed by atoms with van der Waals surface area (Å²) in [6.07, 6.45) is 7.56. The van der Waals surface area contributed by atoms with Gasteiger partial charge < -0.3 is 24.2 Å². The number of fused-ring (bicyclic) bond motifs is 7. The fraction of sp³-hybridized carbons (Fsp3) is 0.542. The topological polar surface area (TPSA) is 123 Å². The fourth-order valence-corrected chi connectivity index (χ4v) is 12.7. The standard InChI is InChI=1S/C48H55F2N7O5/c1-28-19-34-31(6-8-38-35(34)23-51-53-38)43(56(28)26-41(49)50)33-4-3-30(20-40(33)61-2)55-17-11-47(12-18-55)21-29(22-47)24-54-15-13-48(14-16-54)27-62-44-36-25-57(39-9-10-42(58)52-45(39)59)46(60)32(36)5-7-37(44)48/h3-8,20,23,28-29,39,41,43H,9-19,21-22,24-27H2,1-2H3,(H,51,53)(H,52,58,59)/t28-,39?,43+/m1/s1. The molecular weight excluding hydrogens is 793 g/mol. The molecule has 3 amide bonds. The van der Waals surface area contributed by atoms with Crippen LogP contribution in [0.25, 0.3) is 10.9 Å². The maximum absolute atomic E-state index is 14.1. The van der Waals surface area contributed by atoms with Gasteiger partial charge in [-0.1, -0.05) is 18.2 Å². The average molecular weight is 848 g/mol. The van der Waals surface area contributed by atoms with Crippen LogP contribution in [0, 0.1) is 11.3 Å².